The zero-order valence-electron chi connectivity index (χ0n) is 13.6. The van der Waals surface area contributed by atoms with Crippen molar-refractivity contribution in [3.8, 4) is 0 Å². The number of nitrogens with one attached hydrogen (secondary N) is 2. The van der Waals surface area contributed by atoms with Gasteiger partial charge in [0, 0.05) is 17.5 Å². The molecule has 0 aromatic heterocycles. The van der Waals surface area contributed by atoms with Crippen molar-refractivity contribution in [2.45, 2.75) is 33.6 Å². The summed E-state index contributed by atoms with van der Waals surface area (Å²) in [6.07, 6.45) is 1.58. The molecule has 0 atom stereocenters. The first-order valence-corrected chi connectivity index (χ1v) is 7.68. The third kappa shape index (κ3) is 5.15. The van der Waals surface area contributed by atoms with E-state index in [2.05, 4.69) is 10.6 Å². The normalized spacial score (nSPS) is 11.1. The average Bonchev–Trinajstić information content (AvgIpc) is 2.54. The van der Waals surface area contributed by atoms with Gasteiger partial charge < -0.3 is 15.7 Å². The van der Waals surface area contributed by atoms with Crippen LogP contribution in [0.5, 0.6) is 0 Å². The Morgan fingerprint density at radius 1 is 1.18 bits per heavy atom. The Hall–Kier alpha value is -1.88. The number of aliphatic hydroxyl groups excluding tert-OH is 1. The topological polar surface area (TPSA) is 78.4 Å². The molecule has 0 fully saturated rings. The minimum absolute atomic E-state index is 0.0376. The highest BCUT2D eigenvalue weighted by Gasteiger charge is 2.25. The van der Waals surface area contributed by atoms with Crippen LogP contribution >= 0.6 is 0 Å². The lowest BCUT2D eigenvalue weighted by molar-refractivity contribution is -0.120. The maximum atomic E-state index is 11.9. The lowest BCUT2D eigenvalue weighted by atomic mass is 9.83. The molecule has 3 N–H and O–H groups in total. The lowest BCUT2D eigenvalue weighted by Gasteiger charge is -2.29. The van der Waals surface area contributed by atoms with E-state index in [1.165, 1.54) is 0 Å². The van der Waals surface area contributed by atoms with E-state index in [1.807, 2.05) is 32.9 Å². The SMILES string of the molecule is CCC(CC)(CO)CNC(=O)CNC(=O)c1cccc(C)c1. The van der Waals surface area contributed by atoms with E-state index in [9.17, 15) is 14.7 Å². The number of carbonyl (C=O) groups is 2. The van der Waals surface area contributed by atoms with Crippen molar-refractivity contribution in [3.63, 3.8) is 0 Å². The van der Waals surface area contributed by atoms with Gasteiger partial charge in [0.1, 0.15) is 0 Å². The fourth-order valence-electron chi connectivity index (χ4n) is 2.18. The molecule has 0 heterocycles. The second kappa shape index (κ2) is 8.54. The maximum Gasteiger partial charge on any atom is 0.251 e. The number of carbonyl (C=O) groups excluding carboxylic acids is 2. The fourth-order valence-corrected chi connectivity index (χ4v) is 2.18. The van der Waals surface area contributed by atoms with Crippen LogP contribution in [0.25, 0.3) is 0 Å². The minimum atomic E-state index is -0.282. The van der Waals surface area contributed by atoms with Gasteiger partial charge in [0.25, 0.3) is 5.91 Å². The highest BCUT2D eigenvalue weighted by atomic mass is 16.3. The molecule has 122 valence electrons. The molecule has 0 aliphatic heterocycles. The summed E-state index contributed by atoms with van der Waals surface area (Å²) in [5, 5.41) is 14.8. The summed E-state index contributed by atoms with van der Waals surface area (Å²) in [5.41, 5.74) is 1.26. The monoisotopic (exact) mass is 306 g/mol. The molecule has 1 aromatic carbocycles. The Morgan fingerprint density at radius 2 is 1.86 bits per heavy atom. The van der Waals surface area contributed by atoms with Gasteiger partial charge in [-0.05, 0) is 31.9 Å². The molecule has 5 heteroatoms. The number of aryl methyl sites for hydroxylation is 1. The van der Waals surface area contributed by atoms with Gasteiger partial charge in [-0.15, -0.1) is 0 Å². The van der Waals surface area contributed by atoms with Crippen LogP contribution in [0, 0.1) is 12.3 Å². The van der Waals surface area contributed by atoms with E-state index >= 15 is 0 Å². The van der Waals surface area contributed by atoms with Crippen LogP contribution in [-0.4, -0.2) is 36.6 Å². The Morgan fingerprint density at radius 3 is 2.41 bits per heavy atom. The largest absolute Gasteiger partial charge is 0.396 e. The molecule has 0 unspecified atom stereocenters. The van der Waals surface area contributed by atoms with Crippen LogP contribution in [0.15, 0.2) is 24.3 Å². The van der Waals surface area contributed by atoms with E-state index in [0.717, 1.165) is 18.4 Å². The molecule has 1 rings (SSSR count). The molecule has 0 aliphatic rings. The predicted molar refractivity (Wildman–Crippen MR) is 86.6 cm³/mol. The second-order valence-corrected chi connectivity index (χ2v) is 5.69. The molecule has 0 spiro atoms. The molecule has 0 radical (unpaired) electrons. The van der Waals surface area contributed by atoms with E-state index < -0.39 is 0 Å². The molecular formula is C17H26N2O3. The van der Waals surface area contributed by atoms with Crippen molar-refractivity contribution < 1.29 is 14.7 Å². The molecule has 5 nitrogen and oxygen atoms in total. The summed E-state index contributed by atoms with van der Waals surface area (Å²) in [5.74, 6) is -0.515. The van der Waals surface area contributed by atoms with Gasteiger partial charge in [-0.1, -0.05) is 31.5 Å². The summed E-state index contributed by atoms with van der Waals surface area (Å²) in [7, 11) is 0. The maximum absolute atomic E-state index is 11.9. The third-order valence-corrected chi connectivity index (χ3v) is 4.19. The van der Waals surface area contributed by atoms with Gasteiger partial charge in [-0.25, -0.2) is 0 Å². The van der Waals surface area contributed by atoms with Crippen molar-refractivity contribution in [1.82, 2.24) is 10.6 Å². The van der Waals surface area contributed by atoms with Gasteiger partial charge >= 0.3 is 0 Å². The van der Waals surface area contributed by atoms with E-state index in [1.54, 1.807) is 12.1 Å². The number of amides is 2. The Bertz CT molecular complexity index is 502. The van der Waals surface area contributed by atoms with E-state index in [4.69, 9.17) is 0 Å². The quantitative estimate of drug-likeness (QED) is 0.683. The summed E-state index contributed by atoms with van der Waals surface area (Å²) in [4.78, 5) is 23.8. The molecule has 0 bridgehead atoms. The smallest absolute Gasteiger partial charge is 0.251 e. The van der Waals surface area contributed by atoms with Crippen LogP contribution in [0.3, 0.4) is 0 Å². The standard InChI is InChI=1S/C17H26N2O3/c1-4-17(5-2,12-20)11-19-15(21)10-18-16(22)14-8-6-7-13(3)9-14/h6-9,20H,4-5,10-12H2,1-3H3,(H,18,22)(H,19,21). The highest BCUT2D eigenvalue weighted by Crippen LogP contribution is 2.24. The first-order valence-electron chi connectivity index (χ1n) is 7.68. The molecule has 0 saturated heterocycles. The highest BCUT2D eigenvalue weighted by molar-refractivity contribution is 5.96. The fraction of sp³-hybridized carbons (Fsp3) is 0.529. The second-order valence-electron chi connectivity index (χ2n) is 5.69. The number of aliphatic hydroxyl groups is 1. The number of hydrogen-bond donors (Lipinski definition) is 3. The van der Waals surface area contributed by atoms with Crippen LogP contribution in [0.4, 0.5) is 0 Å². The molecule has 1 aromatic rings. The first-order chi connectivity index (χ1) is 10.5. The zero-order valence-corrected chi connectivity index (χ0v) is 13.6. The van der Waals surface area contributed by atoms with Crippen LogP contribution in [0.2, 0.25) is 0 Å². The zero-order chi connectivity index (χ0) is 16.6. The van der Waals surface area contributed by atoms with Gasteiger partial charge in [0.05, 0.1) is 13.2 Å². The Balaban J connectivity index is 2.45. The Kier molecular flexibility index (Phi) is 7.05. The number of hydrogen-bond acceptors (Lipinski definition) is 3. The molecule has 0 aliphatic carbocycles. The van der Waals surface area contributed by atoms with Crippen molar-refractivity contribution in [3.05, 3.63) is 35.4 Å². The molecular weight excluding hydrogens is 280 g/mol. The third-order valence-electron chi connectivity index (χ3n) is 4.19. The summed E-state index contributed by atoms with van der Waals surface area (Å²) in [6.45, 7) is 6.28. The van der Waals surface area contributed by atoms with E-state index in [-0.39, 0.29) is 30.4 Å². The van der Waals surface area contributed by atoms with Gasteiger partial charge in [0.2, 0.25) is 5.91 Å². The summed E-state index contributed by atoms with van der Waals surface area (Å²) in [6, 6.07) is 7.21. The number of rotatable bonds is 8. The van der Waals surface area contributed by atoms with Crippen molar-refractivity contribution in [2.75, 3.05) is 19.7 Å². The predicted octanol–water partition coefficient (Wildman–Crippen LogP) is 1.64. The number of benzene rings is 1. The van der Waals surface area contributed by atoms with Gasteiger partial charge in [-0.2, -0.15) is 0 Å². The molecule has 22 heavy (non-hydrogen) atoms. The summed E-state index contributed by atoms with van der Waals surface area (Å²) < 4.78 is 0. The van der Waals surface area contributed by atoms with Crippen LogP contribution in [-0.2, 0) is 4.79 Å². The average molecular weight is 306 g/mol. The summed E-state index contributed by atoms with van der Waals surface area (Å²) >= 11 is 0. The first kappa shape index (κ1) is 18.2. The van der Waals surface area contributed by atoms with Gasteiger partial charge in [0.15, 0.2) is 0 Å². The minimum Gasteiger partial charge on any atom is -0.396 e. The molecule has 0 saturated carbocycles. The van der Waals surface area contributed by atoms with Gasteiger partial charge in [-0.3, -0.25) is 9.59 Å². The van der Waals surface area contributed by atoms with E-state index in [0.29, 0.717) is 12.1 Å². The van der Waals surface area contributed by atoms with Crippen LogP contribution in [0.1, 0.15) is 42.6 Å². The lowest BCUT2D eigenvalue weighted by Crippen LogP contribution is -2.43. The van der Waals surface area contributed by atoms with Crippen LogP contribution < -0.4 is 10.6 Å². The van der Waals surface area contributed by atoms with Crippen molar-refractivity contribution in [2.24, 2.45) is 5.41 Å². The van der Waals surface area contributed by atoms with Crippen molar-refractivity contribution >= 4 is 11.8 Å². The Labute approximate surface area is 132 Å². The van der Waals surface area contributed by atoms with Crippen molar-refractivity contribution in [1.29, 1.82) is 0 Å². The molecule has 2 amide bonds.